The first-order valence-electron chi connectivity index (χ1n) is 7.02. The van der Waals surface area contributed by atoms with Gasteiger partial charge in [-0.15, -0.1) is 11.3 Å². The van der Waals surface area contributed by atoms with E-state index in [0.29, 0.717) is 43.5 Å². The van der Waals surface area contributed by atoms with Crippen LogP contribution in [0.25, 0.3) is 0 Å². The van der Waals surface area contributed by atoms with Gasteiger partial charge in [0.1, 0.15) is 10.3 Å². The average molecular weight is 330 g/mol. The van der Waals surface area contributed by atoms with Gasteiger partial charge in [0.05, 0.1) is 13.2 Å². The third-order valence-electron chi connectivity index (χ3n) is 3.87. The van der Waals surface area contributed by atoms with E-state index in [1.165, 1.54) is 15.6 Å². The maximum atomic E-state index is 12.6. The van der Waals surface area contributed by atoms with Gasteiger partial charge in [0, 0.05) is 19.6 Å². The number of hydrogen-bond donors (Lipinski definition) is 0. The Labute approximate surface area is 128 Å². The van der Waals surface area contributed by atoms with E-state index >= 15 is 0 Å². The third-order valence-corrected chi connectivity index (χ3v) is 7.15. The highest BCUT2D eigenvalue weighted by molar-refractivity contribution is 7.91. The molecule has 3 heterocycles. The molecular formula is C13H18N2O4S2. The van der Waals surface area contributed by atoms with E-state index in [4.69, 9.17) is 4.74 Å². The molecule has 0 aromatic carbocycles. The van der Waals surface area contributed by atoms with Crippen LogP contribution >= 0.6 is 11.3 Å². The molecule has 8 heteroatoms. The van der Waals surface area contributed by atoms with Crippen LogP contribution in [0.15, 0.2) is 21.7 Å². The van der Waals surface area contributed by atoms with Crippen LogP contribution in [0.5, 0.6) is 0 Å². The quantitative estimate of drug-likeness (QED) is 0.821. The number of hydrogen-bond acceptors (Lipinski definition) is 5. The van der Waals surface area contributed by atoms with Crippen LogP contribution in [0.4, 0.5) is 0 Å². The Morgan fingerprint density at radius 1 is 1.29 bits per heavy atom. The van der Waals surface area contributed by atoms with Crippen molar-refractivity contribution >= 4 is 27.3 Å². The summed E-state index contributed by atoms with van der Waals surface area (Å²) in [5, 5.41) is 1.74. The largest absolute Gasteiger partial charge is 0.378 e. The molecule has 1 aromatic rings. The molecule has 1 aromatic heterocycles. The highest BCUT2D eigenvalue weighted by Crippen LogP contribution is 2.29. The SMILES string of the molecule is O=C([C@@H]1CCCN1S(=O)(=O)c1cccs1)N1CCOCC1. The van der Waals surface area contributed by atoms with Crippen molar-refractivity contribution in [2.24, 2.45) is 0 Å². The van der Waals surface area contributed by atoms with Crippen molar-refractivity contribution in [3.05, 3.63) is 17.5 Å². The molecule has 0 aliphatic carbocycles. The molecule has 2 fully saturated rings. The summed E-state index contributed by atoms with van der Waals surface area (Å²) in [6.07, 6.45) is 1.33. The Hall–Kier alpha value is -0.960. The predicted octanol–water partition coefficient (Wildman–Crippen LogP) is 0.760. The zero-order chi connectivity index (χ0) is 14.9. The maximum Gasteiger partial charge on any atom is 0.253 e. The fraction of sp³-hybridized carbons (Fsp3) is 0.615. The molecule has 0 unspecified atom stereocenters. The van der Waals surface area contributed by atoms with Gasteiger partial charge >= 0.3 is 0 Å². The summed E-state index contributed by atoms with van der Waals surface area (Å²) in [6.45, 7) is 2.55. The van der Waals surface area contributed by atoms with E-state index in [0.717, 1.165) is 6.42 Å². The second kappa shape index (κ2) is 6.04. The van der Waals surface area contributed by atoms with Gasteiger partial charge in [-0.3, -0.25) is 4.79 Å². The van der Waals surface area contributed by atoms with Crippen LogP contribution in [-0.2, 0) is 19.6 Å². The number of carbonyl (C=O) groups is 1. The van der Waals surface area contributed by atoms with Crippen LogP contribution in [0.1, 0.15) is 12.8 Å². The van der Waals surface area contributed by atoms with Crippen molar-refractivity contribution in [2.75, 3.05) is 32.8 Å². The number of sulfonamides is 1. The smallest absolute Gasteiger partial charge is 0.253 e. The Bertz CT molecular complexity index is 594. The minimum atomic E-state index is -3.56. The Kier molecular flexibility index (Phi) is 4.30. The van der Waals surface area contributed by atoms with E-state index in [1.54, 1.807) is 22.4 Å². The molecule has 116 valence electrons. The molecule has 2 aliphatic rings. The van der Waals surface area contributed by atoms with E-state index in [2.05, 4.69) is 0 Å². The van der Waals surface area contributed by atoms with Gasteiger partial charge in [-0.2, -0.15) is 4.31 Å². The number of thiophene rings is 1. The molecule has 0 bridgehead atoms. The summed E-state index contributed by atoms with van der Waals surface area (Å²) in [6, 6.07) is 2.75. The number of rotatable bonds is 3. The minimum absolute atomic E-state index is 0.0871. The Morgan fingerprint density at radius 3 is 2.71 bits per heavy atom. The number of amides is 1. The molecule has 0 saturated carbocycles. The molecule has 0 radical (unpaired) electrons. The molecule has 1 atom stereocenters. The molecule has 2 saturated heterocycles. The lowest BCUT2D eigenvalue weighted by Crippen LogP contribution is -2.50. The minimum Gasteiger partial charge on any atom is -0.378 e. The Morgan fingerprint density at radius 2 is 2.05 bits per heavy atom. The summed E-state index contributed by atoms with van der Waals surface area (Å²) in [7, 11) is -3.56. The van der Waals surface area contributed by atoms with Gasteiger partial charge in [-0.05, 0) is 24.3 Å². The van der Waals surface area contributed by atoms with Crippen LogP contribution < -0.4 is 0 Å². The van der Waals surface area contributed by atoms with Crippen molar-refractivity contribution < 1.29 is 17.9 Å². The molecule has 0 N–H and O–H groups in total. The van der Waals surface area contributed by atoms with Gasteiger partial charge in [0.15, 0.2) is 0 Å². The lowest BCUT2D eigenvalue weighted by Gasteiger charge is -2.31. The third kappa shape index (κ3) is 2.85. The van der Waals surface area contributed by atoms with Gasteiger partial charge in [0.2, 0.25) is 5.91 Å². The summed E-state index contributed by atoms with van der Waals surface area (Å²) >= 11 is 1.19. The van der Waals surface area contributed by atoms with E-state index < -0.39 is 16.1 Å². The van der Waals surface area contributed by atoms with Gasteiger partial charge in [-0.25, -0.2) is 8.42 Å². The molecule has 3 rings (SSSR count). The molecule has 6 nitrogen and oxygen atoms in total. The Balaban J connectivity index is 1.81. The van der Waals surface area contributed by atoms with Crippen molar-refractivity contribution in [1.29, 1.82) is 0 Å². The second-order valence-electron chi connectivity index (χ2n) is 5.14. The number of ether oxygens (including phenoxy) is 1. The van der Waals surface area contributed by atoms with Crippen LogP contribution in [0.2, 0.25) is 0 Å². The number of morpholine rings is 1. The summed E-state index contributed by atoms with van der Waals surface area (Å²) in [4.78, 5) is 14.3. The zero-order valence-corrected chi connectivity index (χ0v) is 13.2. The van der Waals surface area contributed by atoms with E-state index in [9.17, 15) is 13.2 Å². The van der Waals surface area contributed by atoms with Gasteiger partial charge in [-0.1, -0.05) is 6.07 Å². The fourth-order valence-electron chi connectivity index (χ4n) is 2.79. The lowest BCUT2D eigenvalue weighted by atomic mass is 10.2. The monoisotopic (exact) mass is 330 g/mol. The summed E-state index contributed by atoms with van der Waals surface area (Å²) in [5.74, 6) is -0.0871. The molecule has 2 aliphatic heterocycles. The highest BCUT2D eigenvalue weighted by atomic mass is 32.2. The first-order chi connectivity index (χ1) is 10.1. The fourth-order valence-corrected chi connectivity index (χ4v) is 5.57. The van der Waals surface area contributed by atoms with Crippen molar-refractivity contribution in [3.8, 4) is 0 Å². The number of carbonyl (C=O) groups excluding carboxylic acids is 1. The maximum absolute atomic E-state index is 12.6. The summed E-state index contributed by atoms with van der Waals surface area (Å²) in [5.41, 5.74) is 0. The molecule has 0 spiro atoms. The van der Waals surface area contributed by atoms with Gasteiger partial charge < -0.3 is 9.64 Å². The topological polar surface area (TPSA) is 66.9 Å². The zero-order valence-electron chi connectivity index (χ0n) is 11.6. The van der Waals surface area contributed by atoms with Crippen molar-refractivity contribution in [2.45, 2.75) is 23.1 Å². The standard InChI is InChI=1S/C13H18N2O4S2/c16-13(14-6-8-19-9-7-14)11-3-1-5-15(11)21(17,18)12-4-2-10-20-12/h2,4,10-11H,1,3,5-9H2/t11-/m0/s1. The van der Waals surface area contributed by atoms with Crippen LogP contribution in [-0.4, -0.2) is 62.4 Å². The lowest BCUT2D eigenvalue weighted by molar-refractivity contribution is -0.138. The molecule has 1 amide bonds. The van der Waals surface area contributed by atoms with Crippen LogP contribution in [0.3, 0.4) is 0 Å². The van der Waals surface area contributed by atoms with Crippen molar-refractivity contribution in [1.82, 2.24) is 9.21 Å². The predicted molar refractivity (Wildman–Crippen MR) is 78.6 cm³/mol. The number of nitrogens with zero attached hydrogens (tertiary/aromatic N) is 2. The first kappa shape index (κ1) is 15.0. The van der Waals surface area contributed by atoms with Crippen LogP contribution in [0, 0.1) is 0 Å². The van der Waals surface area contributed by atoms with Crippen molar-refractivity contribution in [3.63, 3.8) is 0 Å². The van der Waals surface area contributed by atoms with Gasteiger partial charge in [0.25, 0.3) is 10.0 Å². The van der Waals surface area contributed by atoms with E-state index in [1.807, 2.05) is 0 Å². The normalized spacial score (nSPS) is 24.4. The summed E-state index contributed by atoms with van der Waals surface area (Å²) < 4.78 is 32.2. The molecular weight excluding hydrogens is 312 g/mol. The molecule has 21 heavy (non-hydrogen) atoms. The highest BCUT2D eigenvalue weighted by Gasteiger charge is 2.41. The first-order valence-corrected chi connectivity index (χ1v) is 9.34. The second-order valence-corrected chi connectivity index (χ2v) is 8.21. The average Bonchev–Trinajstić information content (AvgIpc) is 3.19. The van der Waals surface area contributed by atoms with E-state index in [-0.39, 0.29) is 5.91 Å².